The van der Waals surface area contributed by atoms with Crippen LogP contribution in [0.1, 0.15) is 61.8 Å². The van der Waals surface area contributed by atoms with E-state index in [4.69, 9.17) is 6.42 Å². The van der Waals surface area contributed by atoms with Crippen LogP contribution in [-0.2, 0) is 29.2 Å². The second kappa shape index (κ2) is 15.6. The Bertz CT molecular complexity index is 1660. The number of carbonyl (C=O) groups is 5. The fourth-order valence-corrected chi connectivity index (χ4v) is 7.82. The average molecular weight is 727 g/mol. The zero-order valence-corrected chi connectivity index (χ0v) is 32.0. The number of likely N-dealkylation sites (N-methyl/N-ethyl adjacent to an activating group) is 1. The fraction of sp³-hybridized carbons (Fsp3) is 0.595. The molecule has 2 aliphatic rings. The van der Waals surface area contributed by atoms with Crippen molar-refractivity contribution in [3.8, 4) is 12.3 Å². The van der Waals surface area contributed by atoms with Gasteiger partial charge in [-0.25, -0.2) is 13.2 Å². The Kier molecular flexibility index (Phi) is 12.6. The predicted molar refractivity (Wildman–Crippen MR) is 194 cm³/mol. The summed E-state index contributed by atoms with van der Waals surface area (Å²) < 4.78 is 27.7. The first-order valence-corrected chi connectivity index (χ1v) is 18.5. The first-order valence-electron chi connectivity index (χ1n) is 17.1. The van der Waals surface area contributed by atoms with E-state index >= 15 is 0 Å². The number of terminal acetylenes is 1. The number of ketones is 1. The topological polar surface area (TPSA) is 174 Å². The van der Waals surface area contributed by atoms with Crippen molar-refractivity contribution in [1.29, 1.82) is 0 Å². The van der Waals surface area contributed by atoms with Crippen LogP contribution in [0.2, 0.25) is 0 Å². The molecule has 51 heavy (non-hydrogen) atoms. The Morgan fingerprint density at radius 1 is 1.04 bits per heavy atom. The quantitative estimate of drug-likeness (QED) is 0.129. The van der Waals surface area contributed by atoms with Gasteiger partial charge < -0.3 is 26.2 Å². The van der Waals surface area contributed by atoms with Crippen LogP contribution in [0.3, 0.4) is 0 Å². The summed E-state index contributed by atoms with van der Waals surface area (Å²) in [6, 6.07) is 3.29. The van der Waals surface area contributed by atoms with Gasteiger partial charge in [0, 0.05) is 39.1 Å². The second-order valence-electron chi connectivity index (χ2n) is 16.2. The average Bonchev–Trinajstić information content (AvgIpc) is 3.34. The maximum atomic E-state index is 14.4. The molecule has 6 atom stereocenters. The molecule has 14 heteroatoms. The van der Waals surface area contributed by atoms with E-state index in [0.29, 0.717) is 0 Å². The van der Waals surface area contributed by atoms with E-state index in [2.05, 4.69) is 33.8 Å². The smallest absolute Gasteiger partial charge is 0.315 e. The largest absolute Gasteiger partial charge is 0.346 e. The van der Waals surface area contributed by atoms with E-state index in [1.54, 1.807) is 39.0 Å². The second-order valence-corrected chi connectivity index (χ2v) is 18.2. The number of fused-ring (bicyclic) bond motifs is 1. The van der Waals surface area contributed by atoms with Gasteiger partial charge in [-0.05, 0) is 40.2 Å². The number of nitrogens with zero attached hydrogens (tertiary/aromatic N) is 2. The van der Waals surface area contributed by atoms with Crippen molar-refractivity contribution in [3.63, 3.8) is 0 Å². The molecule has 1 saturated carbocycles. The highest BCUT2D eigenvalue weighted by Gasteiger charge is 2.70. The molecule has 280 valence electrons. The van der Waals surface area contributed by atoms with Crippen molar-refractivity contribution >= 4 is 39.6 Å². The molecular formula is C37H54N6O7S. The van der Waals surface area contributed by atoms with Gasteiger partial charge in [-0.3, -0.25) is 19.2 Å². The lowest BCUT2D eigenvalue weighted by atomic mass is 9.85. The van der Waals surface area contributed by atoms with Gasteiger partial charge in [0.25, 0.3) is 5.91 Å². The summed E-state index contributed by atoms with van der Waals surface area (Å²) in [4.78, 5) is 68.9. The molecule has 4 N–H and O–H groups in total. The molecule has 13 nitrogen and oxygen atoms in total. The Balaban J connectivity index is 1.83. The lowest BCUT2D eigenvalue weighted by Gasteiger charge is -2.39. The molecule has 0 radical (unpaired) electrons. The number of piperidine rings is 1. The van der Waals surface area contributed by atoms with Crippen molar-refractivity contribution in [1.82, 2.24) is 30.5 Å². The molecule has 1 unspecified atom stereocenters. The summed E-state index contributed by atoms with van der Waals surface area (Å²) in [5, 5.41) is 10.7. The summed E-state index contributed by atoms with van der Waals surface area (Å²) in [6.45, 7) is 18.8. The van der Waals surface area contributed by atoms with Crippen molar-refractivity contribution in [2.24, 2.45) is 28.1 Å². The van der Waals surface area contributed by atoms with Gasteiger partial charge in [0.05, 0.1) is 4.90 Å². The normalized spacial score (nSPS) is 21.3. The fourth-order valence-electron chi connectivity index (χ4n) is 6.62. The Labute approximate surface area is 302 Å². The number of hydrogen-bond donors (Lipinski definition) is 4. The Hall–Kier alpha value is -4.22. The van der Waals surface area contributed by atoms with Crippen LogP contribution < -0.4 is 21.3 Å². The standard InChI is InChI=1S/C37H54N6O7S/c1-12-17-25(29(44)32(46)38-20-13-2)39-31(45)28-27-24(37(27,9)10)21-43(28)33(47)30(36(6,7)8)41-34(48)40-26(35(3,4)5)22-42(11)51(49,50)23-18-15-14-16-19-23/h1,13-16,18-19,24-28,30H,2,17,20-22H2,3-11H3,(H,38,46)(H,39,45)(H2,40,41,48)/t24-,25?,26+,27-,28-,30+/m0/s1. The monoisotopic (exact) mass is 726 g/mol. The summed E-state index contributed by atoms with van der Waals surface area (Å²) in [5.41, 5.74) is -1.66. The Morgan fingerprint density at radius 2 is 1.65 bits per heavy atom. The number of likely N-dealkylation sites (tertiary alicyclic amines) is 1. The van der Waals surface area contributed by atoms with Gasteiger partial charge in [-0.1, -0.05) is 79.7 Å². The summed E-state index contributed by atoms with van der Waals surface area (Å²) in [5.74, 6) is -0.816. The predicted octanol–water partition coefficient (Wildman–Crippen LogP) is 2.30. The molecule has 0 spiro atoms. The highest BCUT2D eigenvalue weighted by Crippen LogP contribution is 2.65. The number of amides is 5. The maximum Gasteiger partial charge on any atom is 0.315 e. The van der Waals surface area contributed by atoms with Crippen LogP contribution in [0, 0.1) is 40.4 Å². The summed E-state index contributed by atoms with van der Waals surface area (Å²) in [6.07, 6.45) is 6.66. The molecule has 5 amide bonds. The number of nitrogens with one attached hydrogen (secondary N) is 4. The zero-order chi connectivity index (χ0) is 38.7. The van der Waals surface area contributed by atoms with Crippen molar-refractivity contribution in [2.75, 3.05) is 26.7 Å². The maximum absolute atomic E-state index is 14.4. The van der Waals surface area contributed by atoms with Crippen LogP contribution in [-0.4, -0.2) is 98.0 Å². The van der Waals surface area contributed by atoms with E-state index in [0.717, 1.165) is 0 Å². The van der Waals surface area contributed by atoms with Crippen molar-refractivity contribution < 1.29 is 32.4 Å². The number of Topliss-reactive ketones (excluding diaryl/α,β-unsaturated/α-hetero) is 1. The molecule has 2 fully saturated rings. The third kappa shape index (κ3) is 9.37. The van der Waals surface area contributed by atoms with Gasteiger partial charge in [0.2, 0.25) is 27.6 Å². The summed E-state index contributed by atoms with van der Waals surface area (Å²) >= 11 is 0. The van der Waals surface area contributed by atoms with Gasteiger partial charge in [-0.15, -0.1) is 18.9 Å². The van der Waals surface area contributed by atoms with E-state index < -0.39 is 74.6 Å². The molecule has 0 bridgehead atoms. The number of sulfonamides is 1. The first kappa shape index (κ1) is 41.2. The minimum Gasteiger partial charge on any atom is -0.346 e. The summed E-state index contributed by atoms with van der Waals surface area (Å²) in [7, 11) is -2.40. The molecule has 0 aromatic heterocycles. The third-order valence-electron chi connectivity index (χ3n) is 9.98. The van der Waals surface area contributed by atoms with Gasteiger partial charge in [-0.2, -0.15) is 4.31 Å². The van der Waals surface area contributed by atoms with Gasteiger partial charge in [0.15, 0.2) is 0 Å². The number of rotatable bonds is 14. The molecule has 1 aliphatic heterocycles. The van der Waals surface area contributed by atoms with E-state index in [1.807, 2.05) is 34.6 Å². The van der Waals surface area contributed by atoms with E-state index in [9.17, 15) is 32.4 Å². The SMILES string of the molecule is C#CCC(NC(=O)[C@@H]1[C@@H]2[C@H](CN1C(=O)[C@@H](NC(=O)N[C@H](CN(C)S(=O)(=O)c1ccccc1)C(C)(C)C)C(C)(C)C)C2(C)C)C(=O)C(=O)NCC=C. The zero-order valence-electron chi connectivity index (χ0n) is 31.2. The van der Waals surface area contributed by atoms with Crippen LogP contribution in [0.4, 0.5) is 4.79 Å². The minimum atomic E-state index is -3.85. The molecule has 1 aromatic rings. The first-order chi connectivity index (χ1) is 23.5. The van der Waals surface area contributed by atoms with Crippen molar-refractivity contribution in [3.05, 3.63) is 43.0 Å². The van der Waals surface area contributed by atoms with E-state index in [-0.39, 0.29) is 48.2 Å². The van der Waals surface area contributed by atoms with Crippen LogP contribution in [0.15, 0.2) is 47.9 Å². The molecule has 1 aromatic carbocycles. The number of benzene rings is 1. The van der Waals surface area contributed by atoms with Gasteiger partial charge in [0.1, 0.15) is 18.1 Å². The lowest BCUT2D eigenvalue weighted by Crippen LogP contribution is -2.62. The highest BCUT2D eigenvalue weighted by molar-refractivity contribution is 7.89. The molecule has 1 heterocycles. The number of hydrogen-bond acceptors (Lipinski definition) is 7. The van der Waals surface area contributed by atoms with Crippen LogP contribution in [0.25, 0.3) is 0 Å². The number of carbonyl (C=O) groups excluding carboxylic acids is 5. The Morgan fingerprint density at radius 3 is 2.18 bits per heavy atom. The molecule has 1 aliphatic carbocycles. The van der Waals surface area contributed by atoms with Gasteiger partial charge >= 0.3 is 6.03 Å². The lowest BCUT2D eigenvalue weighted by molar-refractivity contribution is -0.145. The molecule has 3 rings (SSSR count). The number of urea groups is 1. The van der Waals surface area contributed by atoms with Crippen LogP contribution >= 0.6 is 0 Å². The molecular weight excluding hydrogens is 673 g/mol. The van der Waals surface area contributed by atoms with Crippen molar-refractivity contribution in [2.45, 2.75) is 90.9 Å². The van der Waals surface area contributed by atoms with E-state index in [1.165, 1.54) is 34.5 Å². The third-order valence-corrected chi connectivity index (χ3v) is 11.8. The minimum absolute atomic E-state index is 0.00306. The highest BCUT2D eigenvalue weighted by atomic mass is 32.2. The molecule has 1 saturated heterocycles. The van der Waals surface area contributed by atoms with Crippen LogP contribution in [0.5, 0.6) is 0 Å².